The summed E-state index contributed by atoms with van der Waals surface area (Å²) in [6.07, 6.45) is 3.29. The van der Waals surface area contributed by atoms with Gasteiger partial charge < -0.3 is 14.7 Å². The van der Waals surface area contributed by atoms with E-state index in [0.717, 1.165) is 47.4 Å². The van der Waals surface area contributed by atoms with Crippen LogP contribution in [0.1, 0.15) is 18.6 Å². The van der Waals surface area contributed by atoms with Gasteiger partial charge in [0.05, 0.1) is 12.1 Å². The third-order valence-electron chi connectivity index (χ3n) is 5.41. The second kappa shape index (κ2) is 7.94. The lowest BCUT2D eigenvalue weighted by molar-refractivity contribution is -0.122. The minimum atomic E-state index is -0.264. The van der Waals surface area contributed by atoms with Gasteiger partial charge in [-0.05, 0) is 25.0 Å². The molecule has 1 aliphatic rings. The van der Waals surface area contributed by atoms with Crippen LogP contribution in [-0.4, -0.2) is 33.6 Å². The highest BCUT2D eigenvalue weighted by atomic mass is 16.5. The fourth-order valence-electron chi connectivity index (χ4n) is 3.95. The Kier molecular flexibility index (Phi) is 4.85. The van der Waals surface area contributed by atoms with Crippen LogP contribution in [0.25, 0.3) is 22.2 Å². The van der Waals surface area contributed by atoms with Gasteiger partial charge in [0.15, 0.2) is 5.76 Å². The molecule has 0 radical (unpaired) electrons. The molecule has 0 unspecified atom stereocenters. The lowest BCUT2D eigenvalue weighted by atomic mass is 10.1. The maximum atomic E-state index is 13.0. The predicted molar refractivity (Wildman–Crippen MR) is 114 cm³/mol. The number of benzene rings is 2. The Balaban J connectivity index is 1.30. The van der Waals surface area contributed by atoms with Gasteiger partial charge in [-0.2, -0.15) is 0 Å². The van der Waals surface area contributed by atoms with Crippen molar-refractivity contribution < 1.29 is 9.32 Å². The van der Waals surface area contributed by atoms with Crippen LogP contribution >= 0.6 is 0 Å². The Labute approximate surface area is 173 Å². The molecule has 7 nitrogen and oxygen atoms in total. The molecule has 1 fully saturated rings. The number of rotatable bonds is 5. The topological polar surface area (TPSA) is 84.2 Å². The number of fused-ring (bicyclic) bond motifs is 1. The Morgan fingerprint density at radius 2 is 1.93 bits per heavy atom. The number of para-hydroxylation sites is 1. The standard InChI is InChI=1S/C23H21N5O2/c29-23(24-14-17-13-20(27-30-17)16-7-2-1-3-8-16)21-11-6-12-28(21)22-18-9-4-5-10-19(18)25-15-26-22/h1-5,7-10,13,15,21H,6,11-12,14H2,(H,24,29)/t21-/m0/s1. The molecule has 5 rings (SSSR count). The molecule has 0 spiro atoms. The van der Waals surface area contributed by atoms with E-state index in [2.05, 4.69) is 25.3 Å². The third-order valence-corrected chi connectivity index (χ3v) is 5.41. The zero-order chi connectivity index (χ0) is 20.3. The van der Waals surface area contributed by atoms with Gasteiger partial charge in [0.2, 0.25) is 5.91 Å². The number of anilines is 1. The summed E-state index contributed by atoms with van der Waals surface area (Å²) in [6.45, 7) is 1.09. The highest BCUT2D eigenvalue weighted by Gasteiger charge is 2.32. The first-order valence-electron chi connectivity index (χ1n) is 10.0. The van der Waals surface area contributed by atoms with Crippen molar-refractivity contribution in [2.75, 3.05) is 11.4 Å². The van der Waals surface area contributed by atoms with Gasteiger partial charge in [-0.3, -0.25) is 4.79 Å². The number of aromatic nitrogens is 3. The second-order valence-corrected chi connectivity index (χ2v) is 7.33. The van der Waals surface area contributed by atoms with Crippen LogP contribution in [-0.2, 0) is 11.3 Å². The molecule has 1 saturated heterocycles. The SMILES string of the molecule is O=C(NCc1cc(-c2ccccc2)no1)[C@@H]1CCCN1c1ncnc2ccccc12. The molecule has 1 atom stereocenters. The van der Waals surface area contributed by atoms with Gasteiger partial charge in [0.25, 0.3) is 0 Å². The number of nitrogens with zero attached hydrogens (tertiary/aromatic N) is 4. The lowest BCUT2D eigenvalue weighted by Gasteiger charge is -2.25. The molecule has 1 aliphatic heterocycles. The fraction of sp³-hybridized carbons (Fsp3) is 0.217. The van der Waals surface area contributed by atoms with Gasteiger partial charge in [0, 0.05) is 23.6 Å². The lowest BCUT2D eigenvalue weighted by Crippen LogP contribution is -2.43. The Morgan fingerprint density at radius 3 is 2.83 bits per heavy atom. The van der Waals surface area contributed by atoms with E-state index < -0.39 is 0 Å². The van der Waals surface area contributed by atoms with Crippen molar-refractivity contribution in [2.24, 2.45) is 0 Å². The van der Waals surface area contributed by atoms with Gasteiger partial charge >= 0.3 is 0 Å². The minimum Gasteiger partial charge on any atom is -0.359 e. The molecule has 1 amide bonds. The molecule has 0 bridgehead atoms. The van der Waals surface area contributed by atoms with Crippen molar-refractivity contribution in [3.05, 3.63) is 72.8 Å². The number of nitrogens with one attached hydrogen (secondary N) is 1. The molecule has 150 valence electrons. The van der Waals surface area contributed by atoms with Crippen molar-refractivity contribution in [3.63, 3.8) is 0 Å². The molecule has 0 aliphatic carbocycles. The highest BCUT2D eigenvalue weighted by Crippen LogP contribution is 2.29. The average Bonchev–Trinajstić information content (AvgIpc) is 3.48. The van der Waals surface area contributed by atoms with Crippen molar-refractivity contribution in [3.8, 4) is 11.3 Å². The number of carbonyl (C=O) groups is 1. The summed E-state index contributed by atoms with van der Waals surface area (Å²) in [4.78, 5) is 23.8. The first-order chi connectivity index (χ1) is 14.8. The van der Waals surface area contributed by atoms with E-state index in [9.17, 15) is 4.79 Å². The van der Waals surface area contributed by atoms with Crippen molar-refractivity contribution in [1.29, 1.82) is 0 Å². The summed E-state index contributed by atoms with van der Waals surface area (Å²) in [6, 6.07) is 19.3. The van der Waals surface area contributed by atoms with Crippen molar-refractivity contribution in [1.82, 2.24) is 20.4 Å². The Morgan fingerprint density at radius 1 is 1.10 bits per heavy atom. The maximum Gasteiger partial charge on any atom is 0.243 e. The summed E-state index contributed by atoms with van der Waals surface area (Å²) in [5, 5.41) is 8.06. The molecule has 7 heteroatoms. The van der Waals surface area contributed by atoms with Gasteiger partial charge in [0.1, 0.15) is 23.9 Å². The largest absolute Gasteiger partial charge is 0.359 e. The second-order valence-electron chi connectivity index (χ2n) is 7.33. The molecular formula is C23H21N5O2. The van der Waals surface area contributed by atoms with Gasteiger partial charge in [-0.25, -0.2) is 9.97 Å². The molecule has 1 N–H and O–H groups in total. The number of amides is 1. The van der Waals surface area contributed by atoms with Crippen LogP contribution in [0, 0.1) is 0 Å². The van der Waals surface area contributed by atoms with Crippen LogP contribution in [0.5, 0.6) is 0 Å². The van der Waals surface area contributed by atoms with E-state index in [1.54, 1.807) is 6.33 Å². The van der Waals surface area contributed by atoms with E-state index in [4.69, 9.17) is 4.52 Å². The van der Waals surface area contributed by atoms with Crippen LogP contribution in [0.15, 0.2) is 71.5 Å². The number of hydrogen-bond acceptors (Lipinski definition) is 6. The molecular weight excluding hydrogens is 378 g/mol. The van der Waals surface area contributed by atoms with Crippen molar-refractivity contribution in [2.45, 2.75) is 25.4 Å². The van der Waals surface area contributed by atoms with Crippen LogP contribution in [0.2, 0.25) is 0 Å². The first kappa shape index (κ1) is 18.3. The van der Waals surface area contributed by atoms with Gasteiger partial charge in [-0.1, -0.05) is 47.6 Å². The number of hydrogen-bond donors (Lipinski definition) is 1. The van der Waals surface area contributed by atoms with Crippen LogP contribution < -0.4 is 10.2 Å². The monoisotopic (exact) mass is 399 g/mol. The van der Waals surface area contributed by atoms with Crippen LogP contribution in [0.4, 0.5) is 5.82 Å². The van der Waals surface area contributed by atoms with Gasteiger partial charge in [-0.15, -0.1) is 0 Å². The molecule has 0 saturated carbocycles. The fourth-order valence-corrected chi connectivity index (χ4v) is 3.95. The summed E-state index contributed by atoms with van der Waals surface area (Å²) in [5.74, 6) is 1.40. The van der Waals surface area contributed by atoms with E-state index >= 15 is 0 Å². The molecule has 4 aromatic rings. The molecule has 3 heterocycles. The molecule has 2 aromatic heterocycles. The highest BCUT2D eigenvalue weighted by molar-refractivity contribution is 5.93. The number of carbonyl (C=O) groups excluding carboxylic acids is 1. The summed E-state index contributed by atoms with van der Waals surface area (Å²) in [7, 11) is 0. The smallest absolute Gasteiger partial charge is 0.243 e. The first-order valence-corrected chi connectivity index (χ1v) is 10.0. The van der Waals surface area contributed by atoms with E-state index in [1.807, 2.05) is 60.7 Å². The summed E-state index contributed by atoms with van der Waals surface area (Å²) >= 11 is 0. The predicted octanol–water partition coefficient (Wildman–Crippen LogP) is 3.57. The Bertz CT molecular complexity index is 1170. The minimum absolute atomic E-state index is 0.0344. The average molecular weight is 399 g/mol. The normalized spacial score (nSPS) is 16.1. The zero-order valence-electron chi connectivity index (χ0n) is 16.4. The summed E-state index contributed by atoms with van der Waals surface area (Å²) < 4.78 is 5.40. The zero-order valence-corrected chi connectivity index (χ0v) is 16.4. The van der Waals surface area contributed by atoms with E-state index in [-0.39, 0.29) is 11.9 Å². The summed E-state index contributed by atoms with van der Waals surface area (Å²) in [5.41, 5.74) is 2.62. The van der Waals surface area contributed by atoms with E-state index in [1.165, 1.54) is 0 Å². The van der Waals surface area contributed by atoms with E-state index in [0.29, 0.717) is 12.3 Å². The Hall–Kier alpha value is -3.74. The maximum absolute atomic E-state index is 13.0. The van der Waals surface area contributed by atoms with Crippen molar-refractivity contribution >= 4 is 22.6 Å². The molecule has 2 aromatic carbocycles. The van der Waals surface area contributed by atoms with Crippen LogP contribution in [0.3, 0.4) is 0 Å². The quantitative estimate of drug-likeness (QED) is 0.552. The third kappa shape index (κ3) is 3.50. The molecule has 30 heavy (non-hydrogen) atoms.